The SMILES string of the molecule is CNC1CC(C)CCC1C(C)(C)C1CCCOC1. The van der Waals surface area contributed by atoms with Crippen LogP contribution in [0.1, 0.15) is 52.9 Å². The van der Waals surface area contributed by atoms with Gasteiger partial charge in [0.15, 0.2) is 0 Å². The van der Waals surface area contributed by atoms with Crippen LogP contribution in [0.2, 0.25) is 0 Å². The third-order valence-electron chi connectivity index (χ3n) is 5.65. The van der Waals surface area contributed by atoms with Crippen LogP contribution in [0.5, 0.6) is 0 Å². The van der Waals surface area contributed by atoms with Crippen LogP contribution in [0.25, 0.3) is 0 Å². The van der Waals surface area contributed by atoms with Crippen molar-refractivity contribution in [3.05, 3.63) is 0 Å². The zero-order chi connectivity index (χ0) is 13.2. The van der Waals surface area contributed by atoms with Gasteiger partial charge < -0.3 is 10.1 Å². The van der Waals surface area contributed by atoms with E-state index in [0.717, 1.165) is 31.0 Å². The topological polar surface area (TPSA) is 21.3 Å². The van der Waals surface area contributed by atoms with E-state index in [-0.39, 0.29) is 0 Å². The van der Waals surface area contributed by atoms with Crippen molar-refractivity contribution in [1.29, 1.82) is 0 Å². The van der Waals surface area contributed by atoms with Gasteiger partial charge in [0, 0.05) is 19.3 Å². The summed E-state index contributed by atoms with van der Waals surface area (Å²) in [5.74, 6) is 2.45. The summed E-state index contributed by atoms with van der Waals surface area (Å²) in [4.78, 5) is 0. The molecule has 1 saturated carbocycles. The minimum atomic E-state index is 0.411. The standard InChI is InChI=1S/C16H31NO/c1-12-7-8-14(15(10-12)17-4)16(2,3)13-6-5-9-18-11-13/h12-15,17H,5-11H2,1-4H3. The highest BCUT2D eigenvalue weighted by atomic mass is 16.5. The van der Waals surface area contributed by atoms with E-state index in [1.807, 2.05) is 0 Å². The molecule has 0 aromatic rings. The maximum absolute atomic E-state index is 5.73. The molecule has 2 rings (SSSR count). The first-order valence-electron chi connectivity index (χ1n) is 7.80. The van der Waals surface area contributed by atoms with Crippen LogP contribution >= 0.6 is 0 Å². The third-order valence-corrected chi connectivity index (χ3v) is 5.65. The molecule has 0 bridgehead atoms. The van der Waals surface area contributed by atoms with E-state index in [2.05, 4.69) is 33.1 Å². The van der Waals surface area contributed by atoms with Crippen molar-refractivity contribution in [2.45, 2.75) is 58.9 Å². The molecule has 0 aromatic heterocycles. The smallest absolute Gasteiger partial charge is 0.0499 e. The van der Waals surface area contributed by atoms with Crippen LogP contribution in [-0.4, -0.2) is 26.3 Å². The molecule has 2 heteroatoms. The van der Waals surface area contributed by atoms with Gasteiger partial charge in [0.1, 0.15) is 0 Å². The van der Waals surface area contributed by atoms with Crippen molar-refractivity contribution in [2.24, 2.45) is 23.2 Å². The monoisotopic (exact) mass is 253 g/mol. The predicted octanol–water partition coefficient (Wildman–Crippen LogP) is 3.46. The van der Waals surface area contributed by atoms with Crippen molar-refractivity contribution < 1.29 is 4.74 Å². The van der Waals surface area contributed by atoms with E-state index in [9.17, 15) is 0 Å². The summed E-state index contributed by atoms with van der Waals surface area (Å²) in [6, 6.07) is 0.700. The lowest BCUT2D eigenvalue weighted by atomic mass is 9.60. The molecule has 1 aliphatic heterocycles. The van der Waals surface area contributed by atoms with Crippen LogP contribution in [-0.2, 0) is 4.74 Å². The highest BCUT2D eigenvalue weighted by Crippen LogP contribution is 2.46. The van der Waals surface area contributed by atoms with E-state index in [1.54, 1.807) is 0 Å². The predicted molar refractivity (Wildman–Crippen MR) is 76.7 cm³/mol. The first-order chi connectivity index (χ1) is 8.55. The summed E-state index contributed by atoms with van der Waals surface area (Å²) in [6.45, 7) is 9.32. The molecule has 4 atom stereocenters. The van der Waals surface area contributed by atoms with Crippen LogP contribution in [0.4, 0.5) is 0 Å². The Morgan fingerprint density at radius 2 is 1.94 bits per heavy atom. The lowest BCUT2D eigenvalue weighted by Crippen LogP contribution is -2.49. The summed E-state index contributed by atoms with van der Waals surface area (Å²) < 4.78 is 5.73. The summed E-state index contributed by atoms with van der Waals surface area (Å²) in [7, 11) is 2.14. The lowest BCUT2D eigenvalue weighted by Gasteiger charge is -2.49. The van der Waals surface area contributed by atoms with Crippen LogP contribution in [0.3, 0.4) is 0 Å². The van der Waals surface area contributed by atoms with E-state index in [0.29, 0.717) is 11.5 Å². The van der Waals surface area contributed by atoms with Gasteiger partial charge in [-0.05, 0) is 55.9 Å². The second-order valence-electron chi connectivity index (χ2n) is 7.16. The van der Waals surface area contributed by atoms with Gasteiger partial charge in [-0.15, -0.1) is 0 Å². The first kappa shape index (κ1) is 14.3. The van der Waals surface area contributed by atoms with E-state index >= 15 is 0 Å². The van der Waals surface area contributed by atoms with Gasteiger partial charge in [0.2, 0.25) is 0 Å². The van der Waals surface area contributed by atoms with E-state index < -0.39 is 0 Å². The van der Waals surface area contributed by atoms with Gasteiger partial charge in [-0.25, -0.2) is 0 Å². The Hall–Kier alpha value is -0.0800. The van der Waals surface area contributed by atoms with E-state index in [4.69, 9.17) is 4.74 Å². The molecule has 2 aliphatic rings. The molecule has 0 aromatic carbocycles. The summed E-state index contributed by atoms with van der Waals surface area (Å²) >= 11 is 0. The Morgan fingerprint density at radius 3 is 2.56 bits per heavy atom. The fourth-order valence-electron chi connectivity index (χ4n) is 4.22. The van der Waals surface area contributed by atoms with Crippen molar-refractivity contribution >= 4 is 0 Å². The van der Waals surface area contributed by atoms with Crippen molar-refractivity contribution in [3.63, 3.8) is 0 Å². The van der Waals surface area contributed by atoms with Crippen molar-refractivity contribution in [2.75, 3.05) is 20.3 Å². The Bertz CT molecular complexity index is 258. The van der Waals surface area contributed by atoms with E-state index in [1.165, 1.54) is 32.1 Å². The summed E-state index contributed by atoms with van der Waals surface area (Å²) in [5.41, 5.74) is 0.411. The molecule has 0 radical (unpaired) electrons. The number of nitrogens with one attached hydrogen (secondary N) is 1. The quantitative estimate of drug-likeness (QED) is 0.831. The van der Waals surface area contributed by atoms with Gasteiger partial charge in [0.05, 0.1) is 0 Å². The molecule has 1 aliphatic carbocycles. The zero-order valence-corrected chi connectivity index (χ0v) is 12.7. The molecule has 18 heavy (non-hydrogen) atoms. The fraction of sp³-hybridized carbons (Fsp3) is 1.00. The molecule has 0 amide bonds. The van der Waals surface area contributed by atoms with Gasteiger partial charge in [-0.1, -0.05) is 27.2 Å². The molecule has 1 saturated heterocycles. The maximum atomic E-state index is 5.73. The molecular weight excluding hydrogens is 222 g/mol. The minimum Gasteiger partial charge on any atom is -0.381 e. The van der Waals surface area contributed by atoms with Crippen LogP contribution in [0, 0.1) is 23.2 Å². The highest BCUT2D eigenvalue weighted by molar-refractivity contribution is 4.95. The fourth-order valence-corrected chi connectivity index (χ4v) is 4.22. The number of hydrogen-bond acceptors (Lipinski definition) is 2. The molecule has 0 spiro atoms. The molecule has 2 nitrogen and oxygen atoms in total. The molecule has 1 N–H and O–H groups in total. The second-order valence-corrected chi connectivity index (χ2v) is 7.16. The second kappa shape index (κ2) is 5.92. The zero-order valence-electron chi connectivity index (χ0n) is 12.7. The van der Waals surface area contributed by atoms with Crippen LogP contribution in [0.15, 0.2) is 0 Å². The molecule has 106 valence electrons. The Labute approximate surface area is 113 Å². The van der Waals surface area contributed by atoms with Gasteiger partial charge in [0.25, 0.3) is 0 Å². The number of hydrogen-bond donors (Lipinski definition) is 1. The number of ether oxygens (including phenoxy) is 1. The van der Waals surface area contributed by atoms with Crippen molar-refractivity contribution in [3.8, 4) is 0 Å². The van der Waals surface area contributed by atoms with Crippen molar-refractivity contribution in [1.82, 2.24) is 5.32 Å². The number of rotatable bonds is 3. The molecule has 2 fully saturated rings. The average molecular weight is 253 g/mol. The molecular formula is C16H31NO. The van der Waals surface area contributed by atoms with Gasteiger partial charge in [-0.2, -0.15) is 0 Å². The van der Waals surface area contributed by atoms with Crippen LogP contribution < -0.4 is 5.32 Å². The Kier molecular flexibility index (Phi) is 4.71. The third kappa shape index (κ3) is 2.91. The summed E-state index contributed by atoms with van der Waals surface area (Å²) in [5, 5.41) is 3.59. The molecule has 4 unspecified atom stereocenters. The van der Waals surface area contributed by atoms with Gasteiger partial charge >= 0.3 is 0 Å². The highest BCUT2D eigenvalue weighted by Gasteiger charge is 2.43. The largest absolute Gasteiger partial charge is 0.381 e. The Morgan fingerprint density at radius 1 is 1.17 bits per heavy atom. The molecule has 1 heterocycles. The Balaban J connectivity index is 2.06. The minimum absolute atomic E-state index is 0.411. The first-order valence-corrected chi connectivity index (χ1v) is 7.80. The lowest BCUT2D eigenvalue weighted by molar-refractivity contribution is -0.0390. The summed E-state index contributed by atoms with van der Waals surface area (Å²) in [6.07, 6.45) is 6.74. The average Bonchev–Trinajstić information content (AvgIpc) is 2.39. The maximum Gasteiger partial charge on any atom is 0.0499 e. The van der Waals surface area contributed by atoms with Gasteiger partial charge in [-0.3, -0.25) is 0 Å². The normalized spacial score (nSPS) is 38.7.